The van der Waals surface area contributed by atoms with Crippen LogP contribution in [0.25, 0.3) is 0 Å². The van der Waals surface area contributed by atoms with Crippen molar-refractivity contribution < 1.29 is 0 Å². The van der Waals surface area contributed by atoms with E-state index in [1.165, 1.54) is 7.75 Å². The van der Waals surface area contributed by atoms with Crippen molar-refractivity contribution in [2.45, 2.75) is 9.88 Å². The average molecular weight is 207 g/mol. The third-order valence-corrected chi connectivity index (χ3v) is 6.85. The van der Waals surface area contributed by atoms with E-state index < -0.39 is 17.6 Å². The summed E-state index contributed by atoms with van der Waals surface area (Å²) < 4.78 is 2.21. The Morgan fingerprint density at radius 1 is 1.67 bits per heavy atom. The van der Waals surface area contributed by atoms with Gasteiger partial charge in [-0.2, -0.15) is 0 Å². The molecule has 2 heteroatoms. The standard InChI is InChI=1S/C2H3.2CH3.H3Si.Sn/c1-2;;;;/h1H,2H2;3*1H3;. The zero-order valence-corrected chi connectivity index (χ0v) is 9.64. The summed E-state index contributed by atoms with van der Waals surface area (Å²) in [5.41, 5.74) is 0. The minimum absolute atomic E-state index is 1.33. The van der Waals surface area contributed by atoms with Crippen LogP contribution in [0.2, 0.25) is 9.88 Å². The zero-order valence-electron chi connectivity index (χ0n) is 4.78. The summed E-state index contributed by atoms with van der Waals surface area (Å²) in [6, 6.07) is 0. The van der Waals surface area contributed by atoms with Crippen LogP contribution in [0.4, 0.5) is 0 Å². The summed E-state index contributed by atoms with van der Waals surface area (Å²) in [7, 11) is 1.42. The van der Waals surface area contributed by atoms with Crippen LogP contribution < -0.4 is 0 Å². The van der Waals surface area contributed by atoms with E-state index in [1.807, 2.05) is 0 Å². The van der Waals surface area contributed by atoms with E-state index in [-0.39, 0.29) is 0 Å². The molecule has 0 saturated carbocycles. The monoisotopic (exact) mass is 208 g/mol. The van der Waals surface area contributed by atoms with E-state index >= 15 is 0 Å². The van der Waals surface area contributed by atoms with Crippen molar-refractivity contribution in [1.82, 2.24) is 0 Å². The summed E-state index contributed by atoms with van der Waals surface area (Å²) in [5, 5.41) is 0. The number of hydrogen-bond donors (Lipinski definition) is 0. The molecule has 0 amide bonds. The molecule has 0 N–H and O–H groups in total. The van der Waals surface area contributed by atoms with Crippen molar-refractivity contribution >= 4 is 25.3 Å². The first-order chi connectivity index (χ1) is 2.56. The molecule has 0 radical (unpaired) electrons. The normalized spacial score (nSPS) is 11.7. The first kappa shape index (κ1) is 6.76. The molecule has 0 heterocycles. The van der Waals surface area contributed by atoms with Gasteiger partial charge in [0, 0.05) is 0 Å². The maximum absolute atomic E-state index is 3.76. The van der Waals surface area contributed by atoms with Gasteiger partial charge < -0.3 is 0 Å². The summed E-state index contributed by atoms with van der Waals surface area (Å²) in [6.07, 6.45) is 0. The van der Waals surface area contributed by atoms with Crippen LogP contribution >= 0.6 is 0 Å². The Morgan fingerprint density at radius 2 is 1.83 bits per heavy atom. The molecule has 0 aliphatic heterocycles. The van der Waals surface area contributed by atoms with Crippen molar-refractivity contribution in [3.05, 3.63) is 10.7 Å². The molecule has 0 aliphatic carbocycles. The van der Waals surface area contributed by atoms with Gasteiger partial charge in [-0.15, -0.1) is 0 Å². The van der Waals surface area contributed by atoms with Crippen molar-refractivity contribution in [3.63, 3.8) is 0 Å². The molecule has 0 aliphatic rings. The molecule has 0 aromatic rings. The molecular formula is C4H12SiSn. The molecule has 0 aromatic heterocycles. The number of rotatable bonds is 1. The van der Waals surface area contributed by atoms with E-state index in [0.29, 0.717) is 0 Å². The van der Waals surface area contributed by atoms with E-state index in [2.05, 4.69) is 20.6 Å². The van der Waals surface area contributed by atoms with Gasteiger partial charge in [-0.1, -0.05) is 0 Å². The molecule has 0 atom stereocenters. The molecule has 0 fully saturated rings. The third-order valence-electron chi connectivity index (χ3n) is 0.612. The fourth-order valence-electron chi connectivity index (χ4n) is 0. The van der Waals surface area contributed by atoms with E-state index in [0.717, 1.165) is 0 Å². The van der Waals surface area contributed by atoms with Crippen LogP contribution in [-0.2, 0) is 0 Å². The van der Waals surface area contributed by atoms with Gasteiger partial charge in [-0.25, -0.2) is 0 Å². The van der Waals surface area contributed by atoms with Gasteiger partial charge in [0.15, 0.2) is 0 Å². The second-order valence-electron chi connectivity index (χ2n) is 2.57. The summed E-state index contributed by atoms with van der Waals surface area (Å²) >= 11 is -1.33. The Bertz CT molecular complexity index is 53.1. The topological polar surface area (TPSA) is 0 Å². The molecule has 0 unspecified atom stereocenters. The van der Waals surface area contributed by atoms with Crippen LogP contribution in [0.3, 0.4) is 0 Å². The van der Waals surface area contributed by atoms with E-state index in [4.69, 9.17) is 0 Å². The van der Waals surface area contributed by atoms with Crippen molar-refractivity contribution in [2.75, 3.05) is 0 Å². The SMILES string of the molecule is C=[CH][Sn]([CH3])([CH3])[SiH3]. The van der Waals surface area contributed by atoms with Crippen LogP contribution in [0.15, 0.2) is 10.7 Å². The van der Waals surface area contributed by atoms with Crippen molar-refractivity contribution in [1.29, 1.82) is 0 Å². The van der Waals surface area contributed by atoms with Crippen LogP contribution in [0.1, 0.15) is 0 Å². The summed E-state index contributed by atoms with van der Waals surface area (Å²) in [5.74, 6) is 0. The Kier molecular flexibility index (Phi) is 2.44. The van der Waals surface area contributed by atoms with Gasteiger partial charge in [0.2, 0.25) is 0 Å². The Balaban J connectivity index is 3.45. The molecule has 6 heavy (non-hydrogen) atoms. The predicted molar refractivity (Wildman–Crippen MR) is 37.6 cm³/mol. The van der Waals surface area contributed by atoms with Gasteiger partial charge in [-0.05, 0) is 0 Å². The van der Waals surface area contributed by atoms with E-state index in [9.17, 15) is 0 Å². The van der Waals surface area contributed by atoms with Gasteiger partial charge in [-0.3, -0.25) is 0 Å². The maximum atomic E-state index is 3.76. The molecule has 0 nitrogen and oxygen atoms in total. The van der Waals surface area contributed by atoms with Gasteiger partial charge in [0.1, 0.15) is 0 Å². The summed E-state index contributed by atoms with van der Waals surface area (Å²) in [6.45, 7) is 3.76. The Hall–Kier alpha value is 0.756. The van der Waals surface area contributed by atoms with E-state index in [1.54, 1.807) is 0 Å². The van der Waals surface area contributed by atoms with Crippen LogP contribution in [0.5, 0.6) is 0 Å². The first-order valence-electron chi connectivity index (χ1n) is 2.20. The Labute approximate surface area is 46.0 Å². The van der Waals surface area contributed by atoms with Gasteiger partial charge in [0.25, 0.3) is 0 Å². The fourth-order valence-corrected chi connectivity index (χ4v) is 0. The van der Waals surface area contributed by atoms with Crippen molar-refractivity contribution in [3.8, 4) is 0 Å². The molecule has 0 aromatic carbocycles. The predicted octanol–water partition coefficient (Wildman–Crippen LogP) is 0.282. The van der Waals surface area contributed by atoms with Gasteiger partial charge >= 0.3 is 45.9 Å². The Morgan fingerprint density at radius 3 is 1.83 bits per heavy atom. The molecule has 0 spiro atoms. The molecule has 0 saturated heterocycles. The zero-order chi connectivity index (χ0) is 5.21. The number of hydrogen-bond acceptors (Lipinski definition) is 0. The fraction of sp³-hybridized carbons (Fsp3) is 0.500. The second-order valence-corrected chi connectivity index (χ2v) is 34.5. The van der Waals surface area contributed by atoms with Gasteiger partial charge in [0.05, 0.1) is 0 Å². The second kappa shape index (κ2) is 2.16. The van der Waals surface area contributed by atoms with Crippen molar-refractivity contribution in [2.24, 2.45) is 0 Å². The summed E-state index contributed by atoms with van der Waals surface area (Å²) in [4.78, 5) is 4.79. The quantitative estimate of drug-likeness (QED) is 0.541. The van der Waals surface area contributed by atoms with Crippen LogP contribution in [-0.4, -0.2) is 25.3 Å². The minimum atomic E-state index is -1.33. The molecule has 36 valence electrons. The van der Waals surface area contributed by atoms with Crippen LogP contribution in [0, 0.1) is 0 Å². The average Bonchev–Trinajstić information content (AvgIpc) is 1.35. The molecule has 0 bridgehead atoms. The first-order valence-corrected chi connectivity index (χ1v) is 19.1. The molecule has 0 rings (SSSR count). The molecular weight excluding hydrogens is 195 g/mol. The third kappa shape index (κ3) is 4.76.